The zero-order valence-electron chi connectivity index (χ0n) is 16.1. The van der Waals surface area contributed by atoms with Crippen molar-refractivity contribution in [1.29, 1.82) is 0 Å². The second-order valence-electron chi connectivity index (χ2n) is 7.04. The van der Waals surface area contributed by atoms with Gasteiger partial charge < -0.3 is 15.5 Å². The molecule has 2 amide bonds. The molecular weight excluding hydrogens is 364 g/mol. The molecule has 1 saturated heterocycles. The molecule has 4 rings (SSSR count). The first-order valence-electron chi connectivity index (χ1n) is 9.80. The van der Waals surface area contributed by atoms with E-state index in [1.165, 1.54) is 19.0 Å². The molecule has 1 fully saturated rings. The van der Waals surface area contributed by atoms with Gasteiger partial charge in [0.1, 0.15) is 5.70 Å². The minimum atomic E-state index is -0.331. The highest BCUT2D eigenvalue weighted by molar-refractivity contribution is 6.45. The number of amides is 2. The quantitative estimate of drug-likeness (QED) is 0.749. The van der Waals surface area contributed by atoms with Gasteiger partial charge in [-0.05, 0) is 54.2 Å². The van der Waals surface area contributed by atoms with Crippen molar-refractivity contribution in [1.82, 2.24) is 15.5 Å². The van der Waals surface area contributed by atoms with E-state index in [1.807, 2.05) is 36.4 Å². The van der Waals surface area contributed by atoms with Crippen LogP contribution in [0.1, 0.15) is 23.2 Å². The van der Waals surface area contributed by atoms with Crippen molar-refractivity contribution in [2.75, 3.05) is 26.2 Å². The third-order valence-electron chi connectivity index (χ3n) is 5.09. The summed E-state index contributed by atoms with van der Waals surface area (Å²) in [6.07, 6.45) is 3.80. The highest BCUT2D eigenvalue weighted by Gasteiger charge is 2.21. The van der Waals surface area contributed by atoms with Crippen LogP contribution in [-0.2, 0) is 4.79 Å². The fourth-order valence-corrected chi connectivity index (χ4v) is 3.61. The number of likely N-dealkylation sites (tertiary alicyclic amines) is 1. The monoisotopic (exact) mass is 386 g/mol. The van der Waals surface area contributed by atoms with Gasteiger partial charge in [0.25, 0.3) is 11.8 Å². The van der Waals surface area contributed by atoms with Crippen molar-refractivity contribution in [2.45, 2.75) is 12.8 Å². The summed E-state index contributed by atoms with van der Waals surface area (Å²) in [4.78, 5) is 31.9. The van der Waals surface area contributed by atoms with E-state index in [-0.39, 0.29) is 23.2 Å². The second kappa shape index (κ2) is 8.72. The van der Waals surface area contributed by atoms with Crippen LogP contribution in [0.15, 0.2) is 70.8 Å². The van der Waals surface area contributed by atoms with Crippen molar-refractivity contribution in [3.63, 3.8) is 0 Å². The van der Waals surface area contributed by atoms with Crippen LogP contribution < -0.4 is 10.6 Å². The minimum Gasteiger partial charge on any atom is -0.349 e. The number of hydrogen-bond acceptors (Lipinski definition) is 4. The zero-order valence-corrected chi connectivity index (χ0v) is 16.1. The summed E-state index contributed by atoms with van der Waals surface area (Å²) in [5.74, 6) is -0.645. The van der Waals surface area contributed by atoms with Crippen LogP contribution in [0.25, 0.3) is 10.8 Å². The van der Waals surface area contributed by atoms with Crippen LogP contribution in [0.5, 0.6) is 0 Å². The molecule has 0 aliphatic carbocycles. The summed E-state index contributed by atoms with van der Waals surface area (Å²) in [7, 11) is 0. The van der Waals surface area contributed by atoms with E-state index >= 15 is 0 Å². The molecule has 0 bridgehead atoms. The number of aliphatic imine (C=N–C) groups is 1. The van der Waals surface area contributed by atoms with Gasteiger partial charge in [0.15, 0.2) is 5.71 Å². The molecule has 0 atom stereocenters. The van der Waals surface area contributed by atoms with E-state index < -0.39 is 0 Å². The van der Waals surface area contributed by atoms with E-state index in [9.17, 15) is 9.59 Å². The van der Waals surface area contributed by atoms with Gasteiger partial charge in [-0.3, -0.25) is 9.59 Å². The lowest BCUT2D eigenvalue weighted by atomic mass is 10.0. The summed E-state index contributed by atoms with van der Waals surface area (Å²) in [5.41, 5.74) is 6.41. The van der Waals surface area contributed by atoms with Crippen LogP contribution in [-0.4, -0.2) is 48.6 Å². The van der Waals surface area contributed by atoms with Crippen molar-refractivity contribution in [3.8, 4) is 0 Å². The molecule has 0 spiro atoms. The van der Waals surface area contributed by atoms with Gasteiger partial charge in [-0.2, -0.15) is 0 Å². The van der Waals surface area contributed by atoms with E-state index in [1.54, 1.807) is 6.07 Å². The minimum absolute atomic E-state index is 0.138. The molecule has 0 aromatic heterocycles. The molecule has 0 unspecified atom stereocenters. The van der Waals surface area contributed by atoms with Crippen molar-refractivity contribution >= 4 is 28.3 Å². The highest BCUT2D eigenvalue weighted by Crippen LogP contribution is 2.18. The van der Waals surface area contributed by atoms with Crippen LogP contribution in [0.2, 0.25) is 0 Å². The summed E-state index contributed by atoms with van der Waals surface area (Å²) in [5, 5.41) is 7.47. The molecule has 0 saturated carbocycles. The predicted molar refractivity (Wildman–Crippen MR) is 113 cm³/mol. The summed E-state index contributed by atoms with van der Waals surface area (Å²) in [6.45, 7) is 3.50. The Balaban J connectivity index is 1.44. The number of benzene rings is 2. The number of nitrogens with one attached hydrogen (secondary N) is 2. The van der Waals surface area contributed by atoms with Gasteiger partial charge in [0.2, 0.25) is 0 Å². The lowest BCUT2D eigenvalue weighted by molar-refractivity contribution is -0.114. The Kier molecular flexibility index (Phi) is 5.68. The number of fused-ring (bicyclic) bond motifs is 1. The molecule has 2 heterocycles. The Hall–Kier alpha value is -3.43. The van der Waals surface area contributed by atoms with Crippen molar-refractivity contribution in [2.24, 2.45) is 4.99 Å². The van der Waals surface area contributed by atoms with Crippen LogP contribution >= 0.6 is 0 Å². The van der Waals surface area contributed by atoms with Crippen LogP contribution in [0, 0.1) is 0 Å². The molecule has 2 aliphatic rings. The fourth-order valence-electron chi connectivity index (χ4n) is 3.61. The van der Waals surface area contributed by atoms with Gasteiger partial charge in [0, 0.05) is 18.7 Å². The Bertz CT molecular complexity index is 1080. The fraction of sp³-hybridized carbons (Fsp3) is 0.261. The average molecular weight is 386 g/mol. The molecule has 2 aliphatic heterocycles. The van der Waals surface area contributed by atoms with E-state index in [0.29, 0.717) is 12.1 Å². The molecule has 2 aromatic rings. The number of rotatable bonds is 6. The largest absolute Gasteiger partial charge is 0.349 e. The van der Waals surface area contributed by atoms with Gasteiger partial charge in [-0.15, -0.1) is 0 Å². The molecule has 6 nitrogen and oxygen atoms in total. The van der Waals surface area contributed by atoms with Gasteiger partial charge in [-0.1, -0.05) is 36.4 Å². The Labute approximate surface area is 169 Å². The third-order valence-corrected chi connectivity index (χ3v) is 5.09. The maximum atomic E-state index is 12.9. The summed E-state index contributed by atoms with van der Waals surface area (Å²) in [6, 6.07) is 13.2. The number of carbonyl (C=O) groups excluding carboxylic acids is 2. The molecule has 2 N–H and O–H groups in total. The SMILES string of the molecule is O=C(NCCN1CCCC1)C1=NC=C=C=C1NC(=O)c1cccc2ccccc12. The van der Waals surface area contributed by atoms with Gasteiger partial charge >= 0.3 is 0 Å². The smallest absolute Gasteiger partial charge is 0.272 e. The lowest BCUT2D eigenvalue weighted by Crippen LogP contribution is -2.40. The van der Waals surface area contributed by atoms with E-state index in [0.717, 1.165) is 30.4 Å². The second-order valence-corrected chi connectivity index (χ2v) is 7.04. The Morgan fingerprint density at radius 3 is 2.69 bits per heavy atom. The molecule has 29 heavy (non-hydrogen) atoms. The zero-order chi connectivity index (χ0) is 20.1. The van der Waals surface area contributed by atoms with Crippen molar-refractivity contribution in [3.05, 3.63) is 71.4 Å². The first-order chi connectivity index (χ1) is 14.2. The van der Waals surface area contributed by atoms with E-state index in [4.69, 9.17) is 0 Å². The van der Waals surface area contributed by atoms with Crippen molar-refractivity contribution < 1.29 is 9.59 Å². The highest BCUT2D eigenvalue weighted by atomic mass is 16.2. The molecule has 146 valence electrons. The first kappa shape index (κ1) is 18.9. The molecule has 2 aromatic carbocycles. The number of carbonyl (C=O) groups is 2. The van der Waals surface area contributed by atoms with Crippen LogP contribution in [0.4, 0.5) is 0 Å². The maximum Gasteiger partial charge on any atom is 0.272 e. The Morgan fingerprint density at radius 2 is 1.83 bits per heavy atom. The summed E-state index contributed by atoms with van der Waals surface area (Å²) < 4.78 is 0. The molecule has 6 heteroatoms. The molecular formula is C23H22N4O2. The topological polar surface area (TPSA) is 73.8 Å². The average Bonchev–Trinajstić information content (AvgIpc) is 3.27. The normalized spacial score (nSPS) is 15.9. The molecule has 0 radical (unpaired) electrons. The maximum absolute atomic E-state index is 12.9. The Morgan fingerprint density at radius 1 is 1.03 bits per heavy atom. The van der Waals surface area contributed by atoms with E-state index in [2.05, 4.69) is 32.0 Å². The number of hydrogen-bond donors (Lipinski definition) is 2. The standard InChI is InChI=1S/C23H22N4O2/c28-22(19-10-5-8-17-7-1-2-9-18(17)19)26-20-11-6-12-24-21(20)23(29)25-13-16-27-14-3-4-15-27/h1-2,5,7-10,12H,3-4,13-16H2,(H,25,29)(H,26,28). The van der Waals surface area contributed by atoms with Gasteiger partial charge in [-0.25, -0.2) is 4.99 Å². The third kappa shape index (κ3) is 4.36. The first-order valence-corrected chi connectivity index (χ1v) is 9.80. The lowest BCUT2D eigenvalue weighted by Gasteiger charge is -2.16. The van der Waals surface area contributed by atoms with Gasteiger partial charge in [0.05, 0.1) is 6.20 Å². The summed E-state index contributed by atoms with van der Waals surface area (Å²) >= 11 is 0. The number of nitrogens with zero attached hydrogens (tertiary/aromatic N) is 2. The predicted octanol–water partition coefficient (Wildman–Crippen LogP) is 2.39. The van der Waals surface area contributed by atoms with Crippen LogP contribution in [0.3, 0.4) is 0 Å².